The summed E-state index contributed by atoms with van der Waals surface area (Å²) < 4.78 is 4.65. The molecule has 0 fully saturated rings. The number of fused-ring (bicyclic) bond motifs is 5. The first-order chi connectivity index (χ1) is 18.8. The average Bonchev–Trinajstić information content (AvgIpc) is 3.51. The molecule has 8 aromatic rings. The quantitative estimate of drug-likeness (QED) is 0.245. The highest BCUT2D eigenvalue weighted by Gasteiger charge is 2.17. The zero-order valence-corrected chi connectivity index (χ0v) is 20.6. The van der Waals surface area contributed by atoms with E-state index in [-0.39, 0.29) is 0 Å². The number of hydrogen-bond acceptors (Lipinski definition) is 1. The second-order valence-electron chi connectivity index (χ2n) is 9.72. The summed E-state index contributed by atoms with van der Waals surface area (Å²) in [6.45, 7) is 0. The Hall–Kier alpha value is -5.15. The minimum atomic E-state index is 0.950. The Morgan fingerprint density at radius 1 is 0.421 bits per heavy atom. The molecule has 0 radical (unpaired) electrons. The maximum atomic E-state index is 5.16. The summed E-state index contributed by atoms with van der Waals surface area (Å²) in [4.78, 5) is 5.16. The topological polar surface area (TPSA) is 22.8 Å². The second kappa shape index (κ2) is 8.19. The van der Waals surface area contributed by atoms with Crippen LogP contribution >= 0.6 is 0 Å². The van der Waals surface area contributed by atoms with Gasteiger partial charge in [0.2, 0.25) is 0 Å². The van der Waals surface area contributed by atoms with E-state index in [1.165, 1.54) is 38.3 Å². The first-order valence-electron chi connectivity index (χ1n) is 12.9. The molecule has 3 heteroatoms. The van der Waals surface area contributed by atoms with E-state index in [0.717, 1.165) is 28.1 Å². The molecule has 3 nitrogen and oxygen atoms in total. The van der Waals surface area contributed by atoms with Crippen LogP contribution in [0.25, 0.3) is 66.4 Å². The van der Waals surface area contributed by atoms with Crippen LogP contribution in [-0.4, -0.2) is 14.1 Å². The number of benzene rings is 6. The van der Waals surface area contributed by atoms with E-state index >= 15 is 0 Å². The van der Waals surface area contributed by atoms with Crippen LogP contribution in [0.3, 0.4) is 0 Å². The largest absolute Gasteiger partial charge is 0.309 e. The van der Waals surface area contributed by atoms with Gasteiger partial charge in [-0.1, -0.05) is 84.9 Å². The number of imidazole rings is 1. The minimum absolute atomic E-state index is 0.950. The van der Waals surface area contributed by atoms with Crippen LogP contribution in [0.4, 0.5) is 0 Å². The van der Waals surface area contributed by atoms with E-state index < -0.39 is 0 Å². The molecule has 2 aromatic heterocycles. The van der Waals surface area contributed by atoms with Gasteiger partial charge in [-0.2, -0.15) is 0 Å². The molecular weight excluding hydrogens is 462 g/mol. The van der Waals surface area contributed by atoms with Gasteiger partial charge in [-0.25, -0.2) is 4.98 Å². The molecule has 0 N–H and O–H groups in total. The molecule has 6 aromatic carbocycles. The van der Waals surface area contributed by atoms with Crippen molar-refractivity contribution in [3.05, 3.63) is 140 Å². The van der Waals surface area contributed by atoms with Crippen LogP contribution in [0.1, 0.15) is 0 Å². The molecule has 0 saturated heterocycles. The smallest absolute Gasteiger partial charge is 0.145 e. The van der Waals surface area contributed by atoms with Gasteiger partial charge in [0, 0.05) is 27.7 Å². The monoisotopic (exact) mass is 485 g/mol. The van der Waals surface area contributed by atoms with Crippen LogP contribution in [0.15, 0.2) is 140 Å². The van der Waals surface area contributed by atoms with E-state index in [1.54, 1.807) is 0 Å². The highest BCUT2D eigenvalue weighted by atomic mass is 15.1. The van der Waals surface area contributed by atoms with Gasteiger partial charge in [-0.3, -0.25) is 4.57 Å². The molecule has 178 valence electrons. The van der Waals surface area contributed by atoms with Crippen LogP contribution in [0.2, 0.25) is 0 Å². The lowest BCUT2D eigenvalue weighted by Gasteiger charge is -2.10. The van der Waals surface area contributed by atoms with Crippen molar-refractivity contribution >= 4 is 43.6 Å². The number of aromatic nitrogens is 3. The molecule has 0 spiro atoms. The highest BCUT2D eigenvalue weighted by Crippen LogP contribution is 2.37. The van der Waals surface area contributed by atoms with Crippen molar-refractivity contribution < 1.29 is 0 Å². The standard InChI is InChI=1S/C35H23N3/c1-4-12-24(13-5-1)35-36-31-21-25-20-30-29-18-10-11-19-32(29)37(27-14-6-2-7-15-27)33(30)22-26(25)23-34(31)38(35)28-16-8-3-9-17-28/h1-23H. The fourth-order valence-electron chi connectivity index (χ4n) is 5.76. The van der Waals surface area contributed by atoms with Gasteiger partial charge in [-0.15, -0.1) is 0 Å². The third-order valence-corrected chi connectivity index (χ3v) is 7.46. The SMILES string of the molecule is c1ccc(-c2nc3cc4cc5c6ccccc6n(-c6ccccc6)c5cc4cc3n2-c2ccccc2)cc1. The lowest BCUT2D eigenvalue weighted by molar-refractivity contribution is 1.10. The summed E-state index contributed by atoms with van der Waals surface area (Å²) in [5.41, 5.74) is 7.89. The Balaban J connectivity index is 1.48. The van der Waals surface area contributed by atoms with E-state index in [2.05, 4.69) is 143 Å². The molecule has 0 unspecified atom stereocenters. The van der Waals surface area contributed by atoms with Crippen molar-refractivity contribution in [2.45, 2.75) is 0 Å². The number of nitrogens with zero attached hydrogens (tertiary/aromatic N) is 3. The van der Waals surface area contributed by atoms with Crippen molar-refractivity contribution in [2.75, 3.05) is 0 Å². The molecular formula is C35H23N3. The minimum Gasteiger partial charge on any atom is -0.309 e. The van der Waals surface area contributed by atoms with Gasteiger partial charge in [0.05, 0.1) is 22.1 Å². The predicted molar refractivity (Wildman–Crippen MR) is 158 cm³/mol. The van der Waals surface area contributed by atoms with E-state index in [0.29, 0.717) is 0 Å². The summed E-state index contributed by atoms with van der Waals surface area (Å²) in [7, 11) is 0. The van der Waals surface area contributed by atoms with Gasteiger partial charge in [0.15, 0.2) is 0 Å². The number of para-hydroxylation sites is 3. The lowest BCUT2D eigenvalue weighted by Crippen LogP contribution is -1.97. The van der Waals surface area contributed by atoms with Crippen LogP contribution in [0, 0.1) is 0 Å². The summed E-state index contributed by atoms with van der Waals surface area (Å²) in [6.07, 6.45) is 0. The molecule has 0 saturated carbocycles. The fraction of sp³-hybridized carbons (Fsp3) is 0. The van der Waals surface area contributed by atoms with Gasteiger partial charge in [-0.05, 0) is 65.4 Å². The zero-order chi connectivity index (χ0) is 25.1. The van der Waals surface area contributed by atoms with Crippen LogP contribution in [-0.2, 0) is 0 Å². The van der Waals surface area contributed by atoms with Crippen molar-refractivity contribution in [3.63, 3.8) is 0 Å². The molecule has 0 aliphatic rings. The van der Waals surface area contributed by atoms with E-state index in [1.807, 2.05) is 6.07 Å². The van der Waals surface area contributed by atoms with Gasteiger partial charge < -0.3 is 4.57 Å². The Kier molecular flexibility index (Phi) is 4.52. The molecule has 38 heavy (non-hydrogen) atoms. The summed E-state index contributed by atoms with van der Waals surface area (Å²) in [5.74, 6) is 0.950. The fourth-order valence-corrected chi connectivity index (χ4v) is 5.76. The second-order valence-corrected chi connectivity index (χ2v) is 9.72. The average molecular weight is 486 g/mol. The highest BCUT2D eigenvalue weighted by molar-refractivity contribution is 6.14. The lowest BCUT2D eigenvalue weighted by atomic mass is 10.0. The normalized spacial score (nSPS) is 11.7. The van der Waals surface area contributed by atoms with Crippen LogP contribution < -0.4 is 0 Å². The summed E-state index contributed by atoms with van der Waals surface area (Å²) in [6, 6.07) is 49.5. The molecule has 0 amide bonds. The zero-order valence-electron chi connectivity index (χ0n) is 20.6. The molecule has 0 atom stereocenters. The van der Waals surface area contributed by atoms with E-state index in [9.17, 15) is 0 Å². The Labute approximate surface area is 219 Å². The number of rotatable bonds is 3. The number of hydrogen-bond donors (Lipinski definition) is 0. The molecule has 8 rings (SSSR count). The van der Waals surface area contributed by atoms with Gasteiger partial charge >= 0.3 is 0 Å². The molecule has 0 bridgehead atoms. The first-order valence-corrected chi connectivity index (χ1v) is 12.9. The Morgan fingerprint density at radius 3 is 1.74 bits per heavy atom. The molecule has 0 aliphatic carbocycles. The Bertz CT molecular complexity index is 2100. The van der Waals surface area contributed by atoms with Crippen molar-refractivity contribution in [1.82, 2.24) is 14.1 Å². The molecule has 0 aliphatic heterocycles. The molecule has 2 heterocycles. The Morgan fingerprint density at radius 2 is 1.00 bits per heavy atom. The van der Waals surface area contributed by atoms with Crippen LogP contribution in [0.5, 0.6) is 0 Å². The van der Waals surface area contributed by atoms with Gasteiger partial charge in [0.25, 0.3) is 0 Å². The summed E-state index contributed by atoms with van der Waals surface area (Å²) in [5, 5.41) is 4.90. The van der Waals surface area contributed by atoms with Gasteiger partial charge in [0.1, 0.15) is 5.82 Å². The summed E-state index contributed by atoms with van der Waals surface area (Å²) >= 11 is 0. The van der Waals surface area contributed by atoms with Crippen molar-refractivity contribution in [3.8, 4) is 22.8 Å². The third kappa shape index (κ3) is 3.12. The predicted octanol–water partition coefficient (Wildman–Crippen LogP) is 8.94. The third-order valence-electron chi connectivity index (χ3n) is 7.46. The van der Waals surface area contributed by atoms with Crippen molar-refractivity contribution in [1.29, 1.82) is 0 Å². The maximum absolute atomic E-state index is 5.16. The maximum Gasteiger partial charge on any atom is 0.145 e. The van der Waals surface area contributed by atoms with E-state index in [4.69, 9.17) is 4.98 Å². The first kappa shape index (κ1) is 21.0. The van der Waals surface area contributed by atoms with Crippen molar-refractivity contribution in [2.24, 2.45) is 0 Å².